The Morgan fingerprint density at radius 1 is 1.06 bits per heavy atom. The summed E-state index contributed by atoms with van der Waals surface area (Å²) in [5.41, 5.74) is 2.62. The van der Waals surface area contributed by atoms with E-state index in [0.29, 0.717) is 0 Å². The van der Waals surface area contributed by atoms with Crippen LogP contribution in [0.15, 0.2) is 24.3 Å². The molecule has 17 heavy (non-hydrogen) atoms. The van der Waals surface area contributed by atoms with Crippen molar-refractivity contribution >= 4 is 5.69 Å². The first-order valence-corrected chi connectivity index (χ1v) is 6.89. The molecule has 0 heterocycles. The van der Waals surface area contributed by atoms with Gasteiger partial charge in [0.25, 0.3) is 0 Å². The maximum atomic E-state index is 3.71. The van der Waals surface area contributed by atoms with Crippen molar-refractivity contribution in [3.63, 3.8) is 0 Å². The molecule has 1 saturated carbocycles. The van der Waals surface area contributed by atoms with Crippen molar-refractivity contribution in [3.05, 3.63) is 29.8 Å². The molecule has 0 saturated heterocycles. The molecule has 1 aliphatic carbocycles. The zero-order valence-corrected chi connectivity index (χ0v) is 10.8. The van der Waals surface area contributed by atoms with E-state index in [1.165, 1.54) is 49.8 Å². The van der Waals surface area contributed by atoms with Crippen molar-refractivity contribution in [1.29, 1.82) is 0 Å². The molecule has 0 unspecified atom stereocenters. The van der Waals surface area contributed by atoms with Gasteiger partial charge in [0, 0.05) is 25.3 Å². The van der Waals surface area contributed by atoms with Crippen LogP contribution in [-0.2, 0) is 6.54 Å². The van der Waals surface area contributed by atoms with Crippen LogP contribution >= 0.6 is 0 Å². The van der Waals surface area contributed by atoms with E-state index < -0.39 is 0 Å². The third-order valence-corrected chi connectivity index (χ3v) is 3.72. The molecule has 1 aromatic rings. The molecule has 2 N–H and O–H groups in total. The van der Waals surface area contributed by atoms with Crippen molar-refractivity contribution in [3.8, 4) is 0 Å². The van der Waals surface area contributed by atoms with Gasteiger partial charge in [0.1, 0.15) is 0 Å². The molecule has 1 aromatic carbocycles. The molecule has 1 aliphatic rings. The van der Waals surface area contributed by atoms with E-state index in [-0.39, 0.29) is 0 Å². The zero-order chi connectivity index (χ0) is 11.9. The van der Waals surface area contributed by atoms with Gasteiger partial charge in [-0.2, -0.15) is 0 Å². The third-order valence-electron chi connectivity index (χ3n) is 3.72. The SMILES string of the molecule is CNc1ccccc1CNC1CCCCCC1. The molecule has 0 spiro atoms. The predicted octanol–water partition coefficient (Wildman–Crippen LogP) is 3.54. The Hall–Kier alpha value is -1.02. The van der Waals surface area contributed by atoms with Crippen LogP contribution in [0.5, 0.6) is 0 Å². The zero-order valence-electron chi connectivity index (χ0n) is 10.8. The van der Waals surface area contributed by atoms with Gasteiger partial charge >= 0.3 is 0 Å². The van der Waals surface area contributed by atoms with E-state index in [2.05, 4.69) is 34.9 Å². The van der Waals surface area contributed by atoms with Crippen molar-refractivity contribution in [2.45, 2.75) is 51.1 Å². The first-order chi connectivity index (χ1) is 8.40. The second kappa shape index (κ2) is 6.65. The lowest BCUT2D eigenvalue weighted by Gasteiger charge is -2.17. The molecule has 0 bridgehead atoms. The minimum Gasteiger partial charge on any atom is -0.388 e. The van der Waals surface area contributed by atoms with Gasteiger partial charge in [-0.05, 0) is 24.5 Å². The van der Waals surface area contributed by atoms with Crippen molar-refractivity contribution in [2.75, 3.05) is 12.4 Å². The summed E-state index contributed by atoms with van der Waals surface area (Å²) in [6.45, 7) is 0.988. The second-order valence-electron chi connectivity index (χ2n) is 4.98. The summed E-state index contributed by atoms with van der Waals surface area (Å²) < 4.78 is 0. The predicted molar refractivity (Wildman–Crippen MR) is 74.3 cm³/mol. The fourth-order valence-corrected chi connectivity index (χ4v) is 2.66. The summed E-state index contributed by atoms with van der Waals surface area (Å²) in [7, 11) is 1.99. The topological polar surface area (TPSA) is 24.1 Å². The van der Waals surface area contributed by atoms with Crippen LogP contribution in [0.25, 0.3) is 0 Å². The molecule has 94 valence electrons. The summed E-state index contributed by atoms with van der Waals surface area (Å²) in [5.74, 6) is 0. The molecule has 0 aliphatic heterocycles. The maximum absolute atomic E-state index is 3.71. The van der Waals surface area contributed by atoms with E-state index in [0.717, 1.165) is 12.6 Å². The molecule has 0 atom stereocenters. The van der Waals surface area contributed by atoms with Crippen LogP contribution in [-0.4, -0.2) is 13.1 Å². The highest BCUT2D eigenvalue weighted by Gasteiger charge is 2.11. The highest BCUT2D eigenvalue weighted by atomic mass is 14.9. The van der Waals surface area contributed by atoms with Gasteiger partial charge in [-0.1, -0.05) is 43.9 Å². The summed E-state index contributed by atoms with van der Waals surface area (Å²) in [4.78, 5) is 0. The fourth-order valence-electron chi connectivity index (χ4n) is 2.66. The first kappa shape index (κ1) is 12.4. The highest BCUT2D eigenvalue weighted by Crippen LogP contribution is 2.19. The molecule has 1 fully saturated rings. The number of nitrogens with one attached hydrogen (secondary N) is 2. The van der Waals surface area contributed by atoms with Gasteiger partial charge in [-0.25, -0.2) is 0 Å². The average molecular weight is 232 g/mol. The van der Waals surface area contributed by atoms with Gasteiger partial charge in [-0.3, -0.25) is 0 Å². The van der Waals surface area contributed by atoms with Crippen LogP contribution in [0.2, 0.25) is 0 Å². The summed E-state index contributed by atoms with van der Waals surface area (Å²) in [6, 6.07) is 9.27. The Bertz CT molecular complexity index is 327. The van der Waals surface area contributed by atoms with Crippen LogP contribution in [0.3, 0.4) is 0 Å². The average Bonchev–Trinajstić information content (AvgIpc) is 2.65. The molecule has 2 nitrogen and oxygen atoms in total. The lowest BCUT2D eigenvalue weighted by Crippen LogP contribution is -2.28. The summed E-state index contributed by atoms with van der Waals surface area (Å²) in [6.07, 6.45) is 8.33. The summed E-state index contributed by atoms with van der Waals surface area (Å²) in [5, 5.41) is 6.97. The minimum atomic E-state index is 0.724. The summed E-state index contributed by atoms with van der Waals surface area (Å²) >= 11 is 0. The van der Waals surface area contributed by atoms with Crippen molar-refractivity contribution in [1.82, 2.24) is 5.32 Å². The standard InChI is InChI=1S/C15H24N2/c1-16-15-11-7-6-8-13(15)12-17-14-9-4-2-3-5-10-14/h6-8,11,14,16-17H,2-5,9-10,12H2,1H3. The van der Waals surface area contributed by atoms with Gasteiger partial charge in [0.05, 0.1) is 0 Å². The maximum Gasteiger partial charge on any atom is 0.0383 e. The fraction of sp³-hybridized carbons (Fsp3) is 0.600. The van der Waals surface area contributed by atoms with Crippen LogP contribution in [0.1, 0.15) is 44.1 Å². The van der Waals surface area contributed by atoms with Crippen molar-refractivity contribution in [2.24, 2.45) is 0 Å². The monoisotopic (exact) mass is 232 g/mol. The third kappa shape index (κ3) is 3.74. The van der Waals surface area contributed by atoms with E-state index in [1.807, 2.05) is 7.05 Å². The first-order valence-electron chi connectivity index (χ1n) is 6.89. The van der Waals surface area contributed by atoms with E-state index in [4.69, 9.17) is 0 Å². The van der Waals surface area contributed by atoms with Gasteiger partial charge in [0.2, 0.25) is 0 Å². The van der Waals surface area contributed by atoms with Crippen LogP contribution in [0.4, 0.5) is 5.69 Å². The molecular weight excluding hydrogens is 208 g/mol. The molecule has 2 heteroatoms. The number of benzene rings is 1. The van der Waals surface area contributed by atoms with E-state index in [1.54, 1.807) is 0 Å². The Kier molecular flexibility index (Phi) is 4.87. The Balaban J connectivity index is 1.87. The van der Waals surface area contributed by atoms with E-state index in [9.17, 15) is 0 Å². The lowest BCUT2D eigenvalue weighted by atomic mass is 10.1. The quantitative estimate of drug-likeness (QED) is 0.776. The normalized spacial score (nSPS) is 17.7. The number of para-hydroxylation sites is 1. The van der Waals surface area contributed by atoms with Crippen LogP contribution < -0.4 is 10.6 Å². The lowest BCUT2D eigenvalue weighted by molar-refractivity contribution is 0.459. The van der Waals surface area contributed by atoms with Crippen LogP contribution in [0, 0.1) is 0 Å². The Labute approximate surface area is 105 Å². The molecule has 0 amide bonds. The highest BCUT2D eigenvalue weighted by molar-refractivity contribution is 5.50. The van der Waals surface area contributed by atoms with Gasteiger partial charge < -0.3 is 10.6 Å². The number of anilines is 1. The Morgan fingerprint density at radius 2 is 1.76 bits per heavy atom. The minimum absolute atomic E-state index is 0.724. The number of hydrogen-bond donors (Lipinski definition) is 2. The molecule has 0 radical (unpaired) electrons. The number of rotatable bonds is 4. The molecular formula is C15H24N2. The largest absolute Gasteiger partial charge is 0.388 e. The van der Waals surface area contributed by atoms with Gasteiger partial charge in [0.15, 0.2) is 0 Å². The smallest absolute Gasteiger partial charge is 0.0383 e. The van der Waals surface area contributed by atoms with Gasteiger partial charge in [-0.15, -0.1) is 0 Å². The second-order valence-corrected chi connectivity index (χ2v) is 4.98. The Morgan fingerprint density at radius 3 is 2.47 bits per heavy atom. The molecule has 0 aromatic heterocycles. The van der Waals surface area contributed by atoms with Crippen molar-refractivity contribution < 1.29 is 0 Å². The molecule has 2 rings (SSSR count). The number of hydrogen-bond acceptors (Lipinski definition) is 2. The van der Waals surface area contributed by atoms with E-state index >= 15 is 0 Å².